The highest BCUT2D eigenvalue weighted by Gasteiger charge is 2.55. The Balaban J connectivity index is 5.95. The minimum Gasteiger partial charge on any atom is -0.463 e. The SMILES string of the molecule is CC(C)OC(=O)C(C(C)C)C(C#N)(C(=O)OC(C)C)C(C)C. The van der Waals surface area contributed by atoms with E-state index in [2.05, 4.69) is 6.07 Å². The molecule has 0 aliphatic heterocycles. The fourth-order valence-electron chi connectivity index (χ4n) is 2.57. The molecule has 0 saturated carbocycles. The van der Waals surface area contributed by atoms with Crippen molar-refractivity contribution in [1.82, 2.24) is 0 Å². The molecule has 0 spiro atoms. The van der Waals surface area contributed by atoms with Crippen molar-refractivity contribution in [3.63, 3.8) is 0 Å². The van der Waals surface area contributed by atoms with E-state index in [9.17, 15) is 14.9 Å². The lowest BCUT2D eigenvalue weighted by Crippen LogP contribution is -2.50. The fourth-order valence-corrected chi connectivity index (χ4v) is 2.57. The van der Waals surface area contributed by atoms with Crippen LogP contribution in [0.2, 0.25) is 0 Å². The Hall–Kier alpha value is -1.57. The molecule has 0 fully saturated rings. The first-order valence-corrected chi connectivity index (χ1v) is 7.83. The standard InChI is InChI=1S/C17H29NO4/c1-10(2)14(15(19)21-12(5)6)17(9-18,11(3)4)16(20)22-13(7)8/h10-14H,1-8H3. The zero-order chi connectivity index (χ0) is 17.7. The van der Waals surface area contributed by atoms with Crippen LogP contribution in [-0.4, -0.2) is 24.1 Å². The molecule has 0 aliphatic rings. The van der Waals surface area contributed by atoms with Crippen molar-refractivity contribution in [2.45, 2.75) is 67.6 Å². The summed E-state index contributed by atoms with van der Waals surface area (Å²) in [4.78, 5) is 25.1. The van der Waals surface area contributed by atoms with E-state index < -0.39 is 23.3 Å². The van der Waals surface area contributed by atoms with Gasteiger partial charge in [-0.3, -0.25) is 9.59 Å². The van der Waals surface area contributed by atoms with E-state index in [1.165, 1.54) is 0 Å². The second kappa shape index (κ2) is 8.17. The third kappa shape index (κ3) is 4.46. The fraction of sp³-hybridized carbons (Fsp3) is 0.824. The van der Waals surface area contributed by atoms with Crippen molar-refractivity contribution in [3.8, 4) is 6.07 Å². The highest BCUT2D eigenvalue weighted by molar-refractivity contribution is 5.88. The van der Waals surface area contributed by atoms with Gasteiger partial charge in [0.2, 0.25) is 0 Å². The molecule has 0 N–H and O–H groups in total. The van der Waals surface area contributed by atoms with Crippen LogP contribution in [0.25, 0.3) is 0 Å². The number of esters is 2. The lowest BCUT2D eigenvalue weighted by atomic mass is 9.64. The molecule has 0 heterocycles. The van der Waals surface area contributed by atoms with Crippen LogP contribution in [0.5, 0.6) is 0 Å². The third-order valence-electron chi connectivity index (χ3n) is 3.54. The van der Waals surface area contributed by atoms with E-state index in [0.717, 1.165) is 0 Å². The van der Waals surface area contributed by atoms with Gasteiger partial charge in [-0.15, -0.1) is 0 Å². The Bertz CT molecular complexity index is 434. The largest absolute Gasteiger partial charge is 0.463 e. The van der Waals surface area contributed by atoms with Gasteiger partial charge >= 0.3 is 11.9 Å². The molecule has 0 radical (unpaired) electrons. The number of rotatable bonds is 7. The van der Waals surface area contributed by atoms with Crippen LogP contribution in [0.15, 0.2) is 0 Å². The van der Waals surface area contributed by atoms with Gasteiger partial charge in [0.25, 0.3) is 0 Å². The smallest absolute Gasteiger partial charge is 0.327 e. The minimum atomic E-state index is -1.55. The van der Waals surface area contributed by atoms with Crippen LogP contribution in [0.3, 0.4) is 0 Å². The number of nitriles is 1. The minimum absolute atomic E-state index is 0.229. The molecule has 0 aromatic rings. The van der Waals surface area contributed by atoms with E-state index in [0.29, 0.717) is 0 Å². The molecule has 2 unspecified atom stereocenters. The number of carbonyl (C=O) groups excluding carboxylic acids is 2. The van der Waals surface area contributed by atoms with Crippen LogP contribution in [0, 0.1) is 34.5 Å². The Morgan fingerprint density at radius 2 is 1.36 bits per heavy atom. The van der Waals surface area contributed by atoms with Crippen molar-refractivity contribution >= 4 is 11.9 Å². The summed E-state index contributed by atoms with van der Waals surface area (Å²) < 4.78 is 10.6. The summed E-state index contributed by atoms with van der Waals surface area (Å²) in [5.41, 5.74) is -1.55. The summed E-state index contributed by atoms with van der Waals surface area (Å²) in [6.45, 7) is 14.0. The van der Waals surface area contributed by atoms with E-state index in [1.54, 1.807) is 41.5 Å². The van der Waals surface area contributed by atoms with Crippen molar-refractivity contribution in [2.75, 3.05) is 0 Å². The van der Waals surface area contributed by atoms with Gasteiger partial charge in [0.05, 0.1) is 24.2 Å². The van der Waals surface area contributed by atoms with Crippen LogP contribution in [0.4, 0.5) is 0 Å². The first kappa shape index (κ1) is 20.4. The summed E-state index contributed by atoms with van der Waals surface area (Å²) in [6.07, 6.45) is -0.661. The summed E-state index contributed by atoms with van der Waals surface area (Å²) in [7, 11) is 0. The predicted octanol–water partition coefficient (Wildman–Crippen LogP) is 3.33. The molecule has 0 aromatic heterocycles. The highest BCUT2D eigenvalue weighted by atomic mass is 16.6. The Morgan fingerprint density at radius 3 is 1.64 bits per heavy atom. The molecule has 22 heavy (non-hydrogen) atoms. The number of carbonyl (C=O) groups is 2. The second-order valence-corrected chi connectivity index (χ2v) is 6.80. The van der Waals surface area contributed by atoms with Crippen LogP contribution in [-0.2, 0) is 19.1 Å². The monoisotopic (exact) mass is 311 g/mol. The molecular weight excluding hydrogens is 282 g/mol. The maximum atomic E-state index is 12.6. The van der Waals surface area contributed by atoms with Gasteiger partial charge in [0.15, 0.2) is 5.41 Å². The second-order valence-electron chi connectivity index (χ2n) is 6.80. The van der Waals surface area contributed by atoms with E-state index in [4.69, 9.17) is 9.47 Å². The van der Waals surface area contributed by atoms with Crippen LogP contribution < -0.4 is 0 Å². The molecule has 0 aliphatic carbocycles. The van der Waals surface area contributed by atoms with Gasteiger partial charge in [0, 0.05) is 0 Å². The van der Waals surface area contributed by atoms with E-state index in [-0.39, 0.29) is 24.0 Å². The first-order valence-electron chi connectivity index (χ1n) is 7.83. The van der Waals surface area contributed by atoms with Gasteiger partial charge in [-0.05, 0) is 39.5 Å². The Labute approximate surface area is 134 Å². The number of ether oxygens (including phenoxy) is 2. The molecule has 0 saturated heterocycles. The van der Waals surface area contributed by atoms with Gasteiger partial charge in [-0.2, -0.15) is 5.26 Å². The summed E-state index contributed by atoms with van der Waals surface area (Å²) in [6, 6.07) is 2.08. The molecule has 126 valence electrons. The molecule has 0 rings (SSSR count). The molecule has 0 amide bonds. The maximum absolute atomic E-state index is 12.6. The zero-order valence-corrected chi connectivity index (χ0v) is 15.0. The Morgan fingerprint density at radius 1 is 0.909 bits per heavy atom. The quantitative estimate of drug-likeness (QED) is 0.674. The lowest BCUT2D eigenvalue weighted by Gasteiger charge is -2.37. The van der Waals surface area contributed by atoms with Gasteiger partial charge < -0.3 is 9.47 Å². The highest BCUT2D eigenvalue weighted by Crippen LogP contribution is 2.42. The average molecular weight is 311 g/mol. The number of hydrogen-bond donors (Lipinski definition) is 0. The van der Waals surface area contributed by atoms with Crippen molar-refractivity contribution < 1.29 is 19.1 Å². The molecular formula is C17H29NO4. The molecule has 0 bridgehead atoms. The third-order valence-corrected chi connectivity index (χ3v) is 3.54. The number of hydrogen-bond acceptors (Lipinski definition) is 5. The molecule has 5 heteroatoms. The Kier molecular flexibility index (Phi) is 7.58. The van der Waals surface area contributed by atoms with Crippen LogP contribution in [0.1, 0.15) is 55.4 Å². The van der Waals surface area contributed by atoms with Crippen molar-refractivity contribution in [3.05, 3.63) is 0 Å². The summed E-state index contributed by atoms with van der Waals surface area (Å²) in [5.74, 6) is -2.66. The first-order chi connectivity index (χ1) is 10.00. The van der Waals surface area contributed by atoms with E-state index >= 15 is 0 Å². The van der Waals surface area contributed by atoms with E-state index in [1.807, 2.05) is 13.8 Å². The predicted molar refractivity (Wildman–Crippen MR) is 83.7 cm³/mol. The van der Waals surface area contributed by atoms with Gasteiger partial charge in [-0.25, -0.2) is 0 Å². The summed E-state index contributed by atoms with van der Waals surface area (Å²) >= 11 is 0. The zero-order valence-electron chi connectivity index (χ0n) is 15.0. The normalized spacial score (nSPS) is 15.6. The molecule has 2 atom stereocenters. The van der Waals surface area contributed by atoms with Crippen molar-refractivity contribution in [1.29, 1.82) is 5.26 Å². The van der Waals surface area contributed by atoms with Crippen molar-refractivity contribution in [2.24, 2.45) is 23.2 Å². The van der Waals surface area contributed by atoms with Gasteiger partial charge in [-0.1, -0.05) is 27.7 Å². The summed E-state index contributed by atoms with van der Waals surface area (Å²) in [5, 5.41) is 9.77. The topological polar surface area (TPSA) is 76.4 Å². The number of nitrogens with zero attached hydrogens (tertiary/aromatic N) is 1. The van der Waals surface area contributed by atoms with Crippen LogP contribution >= 0.6 is 0 Å². The lowest BCUT2D eigenvalue weighted by molar-refractivity contribution is -0.175. The maximum Gasteiger partial charge on any atom is 0.327 e. The average Bonchev–Trinajstić information content (AvgIpc) is 2.32. The molecule has 0 aromatic carbocycles. The molecule has 5 nitrogen and oxygen atoms in total. The van der Waals surface area contributed by atoms with Gasteiger partial charge in [0.1, 0.15) is 0 Å².